The topological polar surface area (TPSA) is 39.3 Å². The molecule has 2 aromatic carbocycles. The fourth-order valence-corrected chi connectivity index (χ4v) is 5.94. The maximum atomic E-state index is 3.34. The Morgan fingerprint density at radius 1 is 0.432 bits per heavy atom. The number of fused-ring (bicyclic) bond motifs is 2. The molecule has 0 radical (unpaired) electrons. The number of unbranched alkanes of at least 4 members (excludes halogenated alkanes) is 7. The first-order valence-corrected chi connectivity index (χ1v) is 16.3. The Morgan fingerprint density at radius 3 is 1.25 bits per heavy atom. The lowest BCUT2D eigenvalue weighted by Crippen LogP contribution is -2.32. The Balaban J connectivity index is 0.808. The van der Waals surface area contributed by atoms with E-state index in [9.17, 15) is 0 Å². The van der Waals surface area contributed by atoms with Crippen molar-refractivity contribution in [3.63, 3.8) is 0 Å². The molecule has 0 bridgehead atoms. The van der Waals surface area contributed by atoms with Crippen LogP contribution in [0.4, 0.5) is 0 Å². The zero-order chi connectivity index (χ0) is 29.8. The molecular weight excluding hydrogens is 536 g/mol. The number of aryl methyl sites for hydroxylation is 2. The SMILES string of the molecule is C(=Cc1c[nH]c2ccccc12)c1cc[n+](CCCCCCCCCC[n+]2ccc(C=Cc3c[nH]c4ccccc34)cc2)cc1. The van der Waals surface area contributed by atoms with Crippen LogP contribution in [0, 0.1) is 0 Å². The molecule has 6 rings (SSSR count). The van der Waals surface area contributed by atoms with Crippen LogP contribution < -0.4 is 9.13 Å². The molecule has 0 spiro atoms. The number of aromatic amines is 2. The van der Waals surface area contributed by atoms with Crippen molar-refractivity contribution in [1.29, 1.82) is 0 Å². The lowest BCUT2D eigenvalue weighted by atomic mass is 10.1. The van der Waals surface area contributed by atoms with E-state index in [0.717, 1.165) is 13.1 Å². The van der Waals surface area contributed by atoms with Gasteiger partial charge in [-0.05, 0) is 47.2 Å². The van der Waals surface area contributed by atoms with E-state index >= 15 is 0 Å². The highest BCUT2D eigenvalue weighted by Gasteiger charge is 2.04. The van der Waals surface area contributed by atoms with Gasteiger partial charge in [-0.15, -0.1) is 0 Å². The minimum atomic E-state index is 1.10. The van der Waals surface area contributed by atoms with E-state index in [1.807, 2.05) is 0 Å². The van der Waals surface area contributed by atoms with Crippen LogP contribution in [0.3, 0.4) is 0 Å². The van der Waals surface area contributed by atoms with Gasteiger partial charge in [-0.3, -0.25) is 0 Å². The summed E-state index contributed by atoms with van der Waals surface area (Å²) in [6.07, 6.45) is 32.3. The van der Waals surface area contributed by atoms with Crippen molar-refractivity contribution < 1.29 is 9.13 Å². The summed E-state index contributed by atoms with van der Waals surface area (Å²) >= 11 is 0. The Labute approximate surface area is 261 Å². The van der Waals surface area contributed by atoms with Gasteiger partial charge in [-0.2, -0.15) is 0 Å². The van der Waals surface area contributed by atoms with E-state index in [4.69, 9.17) is 0 Å². The summed E-state index contributed by atoms with van der Waals surface area (Å²) in [4.78, 5) is 6.68. The van der Waals surface area contributed by atoms with Crippen molar-refractivity contribution in [1.82, 2.24) is 9.97 Å². The van der Waals surface area contributed by atoms with Crippen molar-refractivity contribution >= 4 is 46.1 Å². The molecule has 0 saturated heterocycles. The number of hydrogen-bond donors (Lipinski definition) is 2. The highest BCUT2D eigenvalue weighted by Crippen LogP contribution is 2.21. The van der Waals surface area contributed by atoms with Crippen LogP contribution in [0.1, 0.15) is 73.6 Å². The van der Waals surface area contributed by atoms with Gasteiger partial charge in [0, 0.05) is 71.3 Å². The van der Waals surface area contributed by atoms with Crippen LogP contribution in [-0.2, 0) is 13.1 Å². The van der Waals surface area contributed by atoms with Gasteiger partial charge in [0.2, 0.25) is 0 Å². The first-order chi connectivity index (χ1) is 21.8. The average molecular weight is 581 g/mol. The molecule has 4 aromatic heterocycles. The molecule has 4 heteroatoms. The second-order valence-corrected chi connectivity index (χ2v) is 11.8. The van der Waals surface area contributed by atoms with E-state index in [1.54, 1.807) is 0 Å². The monoisotopic (exact) mass is 580 g/mol. The number of para-hydroxylation sites is 2. The highest BCUT2D eigenvalue weighted by molar-refractivity contribution is 5.92. The number of nitrogens with one attached hydrogen (secondary N) is 2. The van der Waals surface area contributed by atoms with Gasteiger partial charge < -0.3 is 9.97 Å². The van der Waals surface area contributed by atoms with Crippen molar-refractivity contribution in [2.24, 2.45) is 0 Å². The molecular formula is C40H44N4+2. The molecule has 0 saturated carbocycles. The van der Waals surface area contributed by atoms with Gasteiger partial charge in [0.1, 0.15) is 13.1 Å². The third-order valence-electron chi connectivity index (χ3n) is 8.57. The highest BCUT2D eigenvalue weighted by atomic mass is 14.9. The molecule has 0 aliphatic heterocycles. The zero-order valence-electron chi connectivity index (χ0n) is 25.7. The van der Waals surface area contributed by atoms with Crippen LogP contribution in [-0.4, -0.2) is 9.97 Å². The quantitative estimate of drug-likeness (QED) is 0.0897. The summed E-state index contributed by atoms with van der Waals surface area (Å²) in [6, 6.07) is 25.7. The van der Waals surface area contributed by atoms with Crippen LogP contribution in [0.25, 0.3) is 46.1 Å². The number of rotatable bonds is 15. The summed E-state index contributed by atoms with van der Waals surface area (Å²) in [5.74, 6) is 0. The van der Waals surface area contributed by atoms with E-state index in [0.29, 0.717) is 0 Å². The average Bonchev–Trinajstić information content (AvgIpc) is 3.69. The van der Waals surface area contributed by atoms with Gasteiger partial charge >= 0.3 is 0 Å². The smallest absolute Gasteiger partial charge is 0.169 e. The van der Waals surface area contributed by atoms with Crippen LogP contribution in [0.2, 0.25) is 0 Å². The third-order valence-corrected chi connectivity index (χ3v) is 8.57. The van der Waals surface area contributed by atoms with Crippen molar-refractivity contribution in [2.45, 2.75) is 64.5 Å². The largest absolute Gasteiger partial charge is 0.361 e. The van der Waals surface area contributed by atoms with Gasteiger partial charge in [-0.1, -0.05) is 86.4 Å². The Hall–Kier alpha value is -4.70. The molecule has 0 atom stereocenters. The lowest BCUT2D eigenvalue weighted by Gasteiger charge is -2.02. The Bertz CT molecular complexity index is 1670. The van der Waals surface area contributed by atoms with Gasteiger partial charge in [-0.25, -0.2) is 9.13 Å². The molecule has 44 heavy (non-hydrogen) atoms. The second kappa shape index (κ2) is 15.2. The number of hydrogen-bond acceptors (Lipinski definition) is 0. The molecule has 0 fully saturated rings. The summed E-state index contributed by atoms with van der Waals surface area (Å²) in [5.41, 5.74) is 7.29. The molecule has 0 aliphatic rings. The number of nitrogens with zero attached hydrogens (tertiary/aromatic N) is 2. The molecule has 6 aromatic rings. The number of pyridine rings is 2. The summed E-state index contributed by atoms with van der Waals surface area (Å²) < 4.78 is 4.63. The number of aromatic nitrogens is 4. The molecule has 2 N–H and O–H groups in total. The van der Waals surface area contributed by atoms with E-state index in [-0.39, 0.29) is 0 Å². The van der Waals surface area contributed by atoms with E-state index < -0.39 is 0 Å². The van der Waals surface area contributed by atoms with Gasteiger partial charge in [0.05, 0.1) is 0 Å². The van der Waals surface area contributed by atoms with Crippen molar-refractivity contribution in [3.8, 4) is 0 Å². The minimum Gasteiger partial charge on any atom is -0.361 e. The van der Waals surface area contributed by atoms with E-state index in [1.165, 1.54) is 95.4 Å². The Morgan fingerprint density at radius 2 is 0.818 bits per heavy atom. The van der Waals surface area contributed by atoms with Crippen LogP contribution in [0.15, 0.2) is 110 Å². The Kier molecular flexibility index (Phi) is 10.1. The van der Waals surface area contributed by atoms with Gasteiger partial charge in [0.15, 0.2) is 24.8 Å². The molecule has 222 valence electrons. The molecule has 0 aliphatic carbocycles. The van der Waals surface area contributed by atoms with Crippen molar-refractivity contribution in [3.05, 3.63) is 132 Å². The fraction of sp³-hybridized carbons (Fsp3) is 0.250. The maximum Gasteiger partial charge on any atom is 0.169 e. The standard InChI is InChI=1S/C40H42N4/c1(3-5-11-25-43-27-21-33(22-28-43)17-19-35-31-41-39-15-9-7-13-37(35)39)2-4-6-12-26-44-29-23-34(24-30-44)18-20-36-32-42-40-16-10-8-14-38(36)40/h7-10,13-24,27-32H,1-6,11-12,25-26H2/p+2. The second-order valence-electron chi connectivity index (χ2n) is 11.8. The van der Waals surface area contributed by atoms with Crippen LogP contribution >= 0.6 is 0 Å². The summed E-state index contributed by atoms with van der Waals surface area (Å²) in [6.45, 7) is 2.20. The molecule has 0 amide bonds. The molecule has 4 nitrogen and oxygen atoms in total. The van der Waals surface area contributed by atoms with Gasteiger partial charge in [0.25, 0.3) is 0 Å². The minimum absolute atomic E-state index is 1.10. The fourth-order valence-electron chi connectivity index (χ4n) is 5.94. The summed E-state index contributed by atoms with van der Waals surface area (Å²) in [7, 11) is 0. The summed E-state index contributed by atoms with van der Waals surface area (Å²) in [5, 5.41) is 2.53. The lowest BCUT2D eigenvalue weighted by molar-refractivity contribution is -0.697. The number of benzene rings is 2. The van der Waals surface area contributed by atoms with E-state index in [2.05, 4.69) is 153 Å². The third kappa shape index (κ3) is 8.02. The zero-order valence-corrected chi connectivity index (χ0v) is 25.7. The molecule has 0 unspecified atom stereocenters. The maximum absolute atomic E-state index is 3.34. The first kappa shape index (κ1) is 29.4. The normalized spacial score (nSPS) is 11.9. The number of H-pyrrole nitrogens is 2. The predicted molar refractivity (Wildman–Crippen MR) is 185 cm³/mol. The first-order valence-electron chi connectivity index (χ1n) is 16.3. The molecule has 4 heterocycles. The van der Waals surface area contributed by atoms with Crippen LogP contribution in [0.5, 0.6) is 0 Å². The predicted octanol–water partition coefficient (Wildman–Crippen LogP) is 9.39. The van der Waals surface area contributed by atoms with Crippen molar-refractivity contribution in [2.75, 3.05) is 0 Å².